The Morgan fingerprint density at radius 2 is 1.92 bits per heavy atom. The Hall–Kier alpha value is -2.54. The number of rotatable bonds is 5. The van der Waals surface area contributed by atoms with E-state index in [-0.39, 0.29) is 18.4 Å². The van der Waals surface area contributed by atoms with Gasteiger partial charge in [-0.05, 0) is 25.1 Å². The molecular weight excluding hydrogens is 354 g/mol. The summed E-state index contributed by atoms with van der Waals surface area (Å²) in [4.78, 5) is 27.9. The first-order valence-electron chi connectivity index (χ1n) is 8.25. The van der Waals surface area contributed by atoms with Crippen LogP contribution in [-0.2, 0) is 4.79 Å². The van der Waals surface area contributed by atoms with E-state index in [1.807, 2.05) is 25.1 Å². The largest absolute Gasteiger partial charge is 0.493 e. The fraction of sp³-hybridized carbons (Fsp3) is 0.368. The van der Waals surface area contributed by atoms with Gasteiger partial charge in [0.1, 0.15) is 0 Å². The van der Waals surface area contributed by atoms with Crippen LogP contribution in [0.1, 0.15) is 26.0 Å². The van der Waals surface area contributed by atoms with Crippen molar-refractivity contribution in [1.29, 1.82) is 0 Å². The van der Waals surface area contributed by atoms with E-state index in [4.69, 9.17) is 9.47 Å². The summed E-state index contributed by atoms with van der Waals surface area (Å²) >= 11 is 1.42. The summed E-state index contributed by atoms with van der Waals surface area (Å²) in [6, 6.07) is 9.10. The number of amides is 1. The fourth-order valence-electron chi connectivity index (χ4n) is 3.44. The number of nitrogens with zero attached hydrogens (tertiary/aromatic N) is 1. The number of thiophene rings is 1. The third-order valence-electron chi connectivity index (χ3n) is 4.71. The first kappa shape index (κ1) is 18.3. The van der Waals surface area contributed by atoms with Crippen molar-refractivity contribution in [1.82, 2.24) is 4.90 Å². The Labute approximate surface area is 156 Å². The second kappa shape index (κ2) is 7.37. The molecule has 3 rings (SSSR count). The number of carboxylic acid groups (broad SMARTS) is 1. The smallest absolute Gasteiger partial charge is 0.308 e. The number of hydrogen-bond donors (Lipinski definition) is 1. The molecule has 2 unspecified atom stereocenters. The lowest BCUT2D eigenvalue weighted by atomic mass is 9.88. The molecule has 1 N–H and O–H groups in total. The SMILES string of the molecule is COc1cccc(C2CN(C(=O)c3ccc(C)s3)CC2C(=O)O)c1OC. The van der Waals surface area contributed by atoms with Crippen LogP contribution in [-0.4, -0.2) is 49.2 Å². The van der Waals surface area contributed by atoms with Gasteiger partial charge < -0.3 is 19.5 Å². The number of aryl methyl sites for hydroxylation is 1. The summed E-state index contributed by atoms with van der Waals surface area (Å²) in [6.45, 7) is 2.45. The first-order valence-corrected chi connectivity index (χ1v) is 9.07. The highest BCUT2D eigenvalue weighted by Crippen LogP contribution is 2.42. The number of carboxylic acids is 1. The van der Waals surface area contributed by atoms with Crippen LogP contribution in [0.5, 0.6) is 11.5 Å². The predicted molar refractivity (Wildman–Crippen MR) is 98.4 cm³/mol. The van der Waals surface area contributed by atoms with Crippen LogP contribution in [0.4, 0.5) is 0 Å². The van der Waals surface area contributed by atoms with Gasteiger partial charge in [0, 0.05) is 29.4 Å². The summed E-state index contributed by atoms with van der Waals surface area (Å²) < 4.78 is 10.8. The van der Waals surface area contributed by atoms with Crippen LogP contribution >= 0.6 is 11.3 Å². The Morgan fingerprint density at radius 1 is 1.15 bits per heavy atom. The highest BCUT2D eigenvalue weighted by atomic mass is 32.1. The molecule has 0 saturated carbocycles. The second-order valence-electron chi connectivity index (χ2n) is 6.25. The maximum Gasteiger partial charge on any atom is 0.308 e. The van der Waals surface area contributed by atoms with Gasteiger partial charge in [-0.1, -0.05) is 12.1 Å². The van der Waals surface area contributed by atoms with Crippen LogP contribution < -0.4 is 9.47 Å². The van der Waals surface area contributed by atoms with E-state index in [0.29, 0.717) is 22.9 Å². The zero-order chi connectivity index (χ0) is 18.8. The van der Waals surface area contributed by atoms with E-state index < -0.39 is 11.9 Å². The monoisotopic (exact) mass is 375 g/mol. The molecule has 0 aliphatic carbocycles. The number of hydrogen-bond acceptors (Lipinski definition) is 5. The van der Waals surface area contributed by atoms with Crippen molar-refractivity contribution in [3.8, 4) is 11.5 Å². The Bertz CT molecular complexity index is 831. The van der Waals surface area contributed by atoms with Crippen molar-refractivity contribution in [2.24, 2.45) is 5.92 Å². The van der Waals surface area contributed by atoms with E-state index in [0.717, 1.165) is 10.4 Å². The molecule has 1 amide bonds. The lowest BCUT2D eigenvalue weighted by Gasteiger charge is -2.20. The van der Waals surface area contributed by atoms with E-state index in [1.165, 1.54) is 18.4 Å². The summed E-state index contributed by atoms with van der Waals surface area (Å²) in [6.07, 6.45) is 0. The van der Waals surface area contributed by atoms with E-state index >= 15 is 0 Å². The van der Waals surface area contributed by atoms with Gasteiger partial charge in [0.25, 0.3) is 5.91 Å². The molecule has 1 aromatic heterocycles. The Morgan fingerprint density at radius 3 is 2.50 bits per heavy atom. The topological polar surface area (TPSA) is 76.1 Å². The van der Waals surface area contributed by atoms with Gasteiger partial charge >= 0.3 is 5.97 Å². The van der Waals surface area contributed by atoms with Crippen molar-refractivity contribution >= 4 is 23.2 Å². The number of carbonyl (C=O) groups is 2. The van der Waals surface area contributed by atoms with Crippen LogP contribution in [0.3, 0.4) is 0 Å². The number of methoxy groups -OCH3 is 2. The van der Waals surface area contributed by atoms with Gasteiger partial charge in [0.2, 0.25) is 0 Å². The summed E-state index contributed by atoms with van der Waals surface area (Å²) in [7, 11) is 3.07. The molecule has 0 radical (unpaired) electrons. The fourth-order valence-corrected chi connectivity index (χ4v) is 4.28. The van der Waals surface area contributed by atoms with Gasteiger partial charge in [-0.3, -0.25) is 9.59 Å². The van der Waals surface area contributed by atoms with Gasteiger partial charge in [-0.2, -0.15) is 0 Å². The Kier molecular flexibility index (Phi) is 5.18. The molecule has 0 spiro atoms. The molecule has 6 nitrogen and oxygen atoms in total. The summed E-state index contributed by atoms with van der Waals surface area (Å²) in [5.41, 5.74) is 0.747. The van der Waals surface area contributed by atoms with Crippen LogP contribution in [0.2, 0.25) is 0 Å². The number of benzene rings is 1. The van der Waals surface area contributed by atoms with Gasteiger partial charge in [0.05, 0.1) is 25.0 Å². The Balaban J connectivity index is 1.94. The number of ether oxygens (including phenoxy) is 2. The lowest BCUT2D eigenvalue weighted by Crippen LogP contribution is -2.29. The average molecular weight is 375 g/mol. The third kappa shape index (κ3) is 3.26. The minimum atomic E-state index is -0.919. The number of aliphatic carboxylic acids is 1. The molecule has 7 heteroatoms. The third-order valence-corrected chi connectivity index (χ3v) is 5.70. The summed E-state index contributed by atoms with van der Waals surface area (Å²) in [5, 5.41) is 9.70. The van der Waals surface area contributed by atoms with Crippen LogP contribution in [0.15, 0.2) is 30.3 Å². The first-order chi connectivity index (χ1) is 12.5. The normalized spacial score (nSPS) is 19.4. The molecular formula is C19H21NO5S. The van der Waals surface area contributed by atoms with E-state index in [2.05, 4.69) is 0 Å². The molecule has 2 aromatic rings. The van der Waals surface area contributed by atoms with Crippen LogP contribution in [0.25, 0.3) is 0 Å². The molecule has 2 atom stereocenters. The minimum absolute atomic E-state index is 0.126. The lowest BCUT2D eigenvalue weighted by molar-refractivity contribution is -0.141. The van der Waals surface area contributed by atoms with E-state index in [1.54, 1.807) is 24.1 Å². The van der Waals surface area contributed by atoms with E-state index in [9.17, 15) is 14.7 Å². The molecule has 1 saturated heterocycles. The van der Waals surface area contributed by atoms with Crippen molar-refractivity contribution in [3.05, 3.63) is 45.6 Å². The quantitative estimate of drug-likeness (QED) is 0.869. The molecule has 2 heterocycles. The molecule has 1 aromatic carbocycles. The number of likely N-dealkylation sites (tertiary alicyclic amines) is 1. The molecule has 26 heavy (non-hydrogen) atoms. The molecule has 138 valence electrons. The van der Waals surface area contributed by atoms with Crippen molar-refractivity contribution < 1.29 is 24.2 Å². The maximum atomic E-state index is 12.8. The molecule has 1 fully saturated rings. The number of para-hydroxylation sites is 1. The van der Waals surface area contributed by atoms with Gasteiger partial charge in [0.15, 0.2) is 11.5 Å². The zero-order valence-electron chi connectivity index (χ0n) is 14.9. The standard InChI is InChI=1S/C19H21NO5S/c1-11-7-8-16(26-11)18(21)20-9-13(14(10-20)19(22)23)12-5-4-6-15(24-2)17(12)25-3/h4-8,13-14H,9-10H2,1-3H3,(H,22,23). The summed E-state index contributed by atoms with van der Waals surface area (Å²) in [5.74, 6) is -1.03. The minimum Gasteiger partial charge on any atom is -0.493 e. The zero-order valence-corrected chi connectivity index (χ0v) is 15.7. The average Bonchev–Trinajstić information content (AvgIpc) is 3.27. The number of carbonyl (C=O) groups excluding carboxylic acids is 1. The van der Waals surface area contributed by atoms with Gasteiger partial charge in [-0.15, -0.1) is 11.3 Å². The van der Waals surface area contributed by atoms with Crippen molar-refractivity contribution in [2.75, 3.05) is 27.3 Å². The molecule has 1 aliphatic rings. The van der Waals surface area contributed by atoms with Crippen LogP contribution in [0, 0.1) is 12.8 Å². The predicted octanol–water partition coefficient (Wildman–Crippen LogP) is 3.01. The molecule has 0 bridgehead atoms. The van der Waals surface area contributed by atoms with Gasteiger partial charge in [-0.25, -0.2) is 0 Å². The highest BCUT2D eigenvalue weighted by molar-refractivity contribution is 7.13. The van der Waals surface area contributed by atoms with Crippen molar-refractivity contribution in [2.45, 2.75) is 12.8 Å². The maximum absolute atomic E-state index is 12.8. The van der Waals surface area contributed by atoms with Crippen molar-refractivity contribution in [3.63, 3.8) is 0 Å². The highest BCUT2D eigenvalue weighted by Gasteiger charge is 2.42. The second-order valence-corrected chi connectivity index (χ2v) is 7.54. The molecule has 1 aliphatic heterocycles.